The van der Waals surface area contributed by atoms with Crippen LogP contribution in [0.25, 0.3) is 0 Å². The van der Waals surface area contributed by atoms with Crippen LogP contribution in [0.3, 0.4) is 0 Å². The Bertz CT molecular complexity index is 116. The van der Waals surface area contributed by atoms with Gasteiger partial charge in [0.25, 0.3) is 10.1 Å². The summed E-state index contributed by atoms with van der Waals surface area (Å²) in [6.07, 6.45) is 0.993. The molecule has 0 aromatic carbocycles. The highest BCUT2D eigenvalue weighted by atomic mass is 32.2. The summed E-state index contributed by atoms with van der Waals surface area (Å²) in [6.45, 7) is 0. The van der Waals surface area contributed by atoms with E-state index >= 15 is 0 Å². The third-order valence-corrected chi connectivity index (χ3v) is 0.908. The normalized spacial score (nSPS) is 9.50. The zero-order valence-electron chi connectivity index (χ0n) is 5.01. The van der Waals surface area contributed by atoms with Crippen molar-refractivity contribution in [2.24, 2.45) is 0 Å². The molecule has 0 aliphatic rings. The second-order valence-electron chi connectivity index (χ2n) is 0.871. The van der Waals surface area contributed by atoms with E-state index in [1.807, 2.05) is 0 Å². The highest BCUT2D eigenvalue weighted by Gasteiger charge is 1.90. The lowest BCUT2D eigenvalue weighted by Gasteiger charge is -1.84. The van der Waals surface area contributed by atoms with E-state index in [1.54, 1.807) is 0 Å². The Labute approximate surface area is 48.6 Å². The number of hydrogen-bond donors (Lipinski definition) is 0. The summed E-state index contributed by atoms with van der Waals surface area (Å²) in [5, 5.41) is 0. The van der Waals surface area contributed by atoms with Gasteiger partial charge in [-0.3, -0.25) is 8.57 Å². The Kier molecular flexibility index (Phi) is 6.70. The number of rotatable bonds is 1. The number of halogens is 1. The SMILES string of the molecule is CF.COS(C)(=O)=O. The molecule has 0 aliphatic heterocycles. The molecule has 0 atom stereocenters. The van der Waals surface area contributed by atoms with E-state index in [0.29, 0.717) is 7.18 Å². The quantitative estimate of drug-likeness (QED) is 0.493. The van der Waals surface area contributed by atoms with Crippen LogP contribution in [0.5, 0.6) is 0 Å². The molecular formula is C3H9FO3S. The minimum Gasteiger partial charge on any atom is -0.274 e. The van der Waals surface area contributed by atoms with Gasteiger partial charge in [-0.1, -0.05) is 0 Å². The van der Waals surface area contributed by atoms with Crippen molar-refractivity contribution in [2.45, 2.75) is 0 Å². The van der Waals surface area contributed by atoms with Crippen molar-refractivity contribution in [1.82, 2.24) is 0 Å². The van der Waals surface area contributed by atoms with Crippen LogP contribution in [0.15, 0.2) is 0 Å². The first kappa shape index (κ1) is 10.8. The largest absolute Gasteiger partial charge is 0.274 e. The van der Waals surface area contributed by atoms with Gasteiger partial charge in [0.2, 0.25) is 0 Å². The summed E-state index contributed by atoms with van der Waals surface area (Å²) in [6, 6.07) is 0. The van der Waals surface area contributed by atoms with Gasteiger partial charge in [-0.2, -0.15) is 8.42 Å². The molecule has 0 N–H and O–H groups in total. The summed E-state index contributed by atoms with van der Waals surface area (Å²) < 4.78 is 33.0. The molecule has 0 unspecified atom stereocenters. The molecule has 0 aromatic rings. The van der Waals surface area contributed by atoms with Crippen LogP contribution in [0, 0.1) is 0 Å². The maximum absolute atomic E-state index is 9.78. The average molecular weight is 144 g/mol. The van der Waals surface area contributed by atoms with Crippen LogP contribution in [0.1, 0.15) is 0 Å². The highest BCUT2D eigenvalue weighted by molar-refractivity contribution is 7.85. The van der Waals surface area contributed by atoms with Crippen LogP contribution < -0.4 is 0 Å². The topological polar surface area (TPSA) is 43.4 Å². The monoisotopic (exact) mass is 144 g/mol. The molecule has 0 fully saturated rings. The second kappa shape index (κ2) is 4.99. The first-order valence-corrected chi connectivity index (χ1v) is 3.51. The van der Waals surface area contributed by atoms with Crippen LogP contribution in [0.4, 0.5) is 4.39 Å². The van der Waals surface area contributed by atoms with E-state index in [2.05, 4.69) is 4.18 Å². The van der Waals surface area contributed by atoms with Gasteiger partial charge in [0.05, 0.1) is 20.5 Å². The molecule has 0 aliphatic carbocycles. The van der Waals surface area contributed by atoms with Crippen molar-refractivity contribution < 1.29 is 17.0 Å². The fourth-order valence-corrected chi connectivity index (χ4v) is 0. The summed E-state index contributed by atoms with van der Waals surface area (Å²) in [5.74, 6) is 0. The van der Waals surface area contributed by atoms with Crippen molar-refractivity contribution in [3.63, 3.8) is 0 Å². The van der Waals surface area contributed by atoms with E-state index in [0.717, 1.165) is 13.4 Å². The molecule has 0 aromatic heterocycles. The van der Waals surface area contributed by atoms with Gasteiger partial charge in [0.15, 0.2) is 0 Å². The van der Waals surface area contributed by atoms with E-state index in [9.17, 15) is 12.8 Å². The van der Waals surface area contributed by atoms with Crippen molar-refractivity contribution in [3.05, 3.63) is 0 Å². The van der Waals surface area contributed by atoms with Crippen LogP contribution in [0.2, 0.25) is 0 Å². The van der Waals surface area contributed by atoms with Crippen LogP contribution in [-0.2, 0) is 14.3 Å². The third-order valence-electron chi connectivity index (χ3n) is 0.303. The first-order valence-electron chi connectivity index (χ1n) is 1.69. The van der Waals surface area contributed by atoms with Gasteiger partial charge < -0.3 is 0 Å². The van der Waals surface area contributed by atoms with Crippen molar-refractivity contribution in [2.75, 3.05) is 20.5 Å². The Hall–Kier alpha value is -0.160. The zero-order chi connectivity index (χ0) is 7.21. The minimum absolute atomic E-state index is 0.500. The smallest absolute Gasteiger partial charge is 0.264 e. The lowest BCUT2D eigenvalue weighted by Crippen LogP contribution is -1.95. The highest BCUT2D eigenvalue weighted by Crippen LogP contribution is 1.75. The van der Waals surface area contributed by atoms with E-state index < -0.39 is 10.1 Å². The van der Waals surface area contributed by atoms with Crippen LogP contribution in [-0.4, -0.2) is 29.0 Å². The van der Waals surface area contributed by atoms with Gasteiger partial charge in [0, 0.05) is 0 Å². The van der Waals surface area contributed by atoms with Crippen molar-refractivity contribution in [3.8, 4) is 0 Å². The lowest BCUT2D eigenvalue weighted by molar-refractivity contribution is 0.403. The van der Waals surface area contributed by atoms with Crippen LogP contribution >= 0.6 is 0 Å². The molecule has 0 bridgehead atoms. The number of alkyl halides is 1. The molecule has 0 rings (SSSR count). The fraction of sp³-hybridized carbons (Fsp3) is 1.00. The van der Waals surface area contributed by atoms with Gasteiger partial charge in [-0.05, 0) is 0 Å². The lowest BCUT2D eigenvalue weighted by atomic mass is 11.8. The molecular weight excluding hydrogens is 135 g/mol. The summed E-state index contributed by atoms with van der Waals surface area (Å²) >= 11 is 0. The fourth-order valence-electron chi connectivity index (χ4n) is 0. The second-order valence-corrected chi connectivity index (χ2v) is 2.61. The number of hydrogen-bond acceptors (Lipinski definition) is 3. The predicted octanol–water partition coefficient (Wildman–Crippen LogP) is 0.178. The Morgan fingerprint density at radius 1 is 1.38 bits per heavy atom. The predicted molar refractivity (Wildman–Crippen MR) is 28.9 cm³/mol. The molecule has 0 spiro atoms. The van der Waals surface area contributed by atoms with Gasteiger partial charge in [0.1, 0.15) is 0 Å². The molecule has 5 heteroatoms. The maximum Gasteiger partial charge on any atom is 0.264 e. The standard InChI is InChI=1S/C2H6O3S.CH3F/c1-5-6(2,3)4;1-2/h1-2H3;1H3. The van der Waals surface area contributed by atoms with Gasteiger partial charge in [-0.15, -0.1) is 0 Å². The molecule has 52 valence electrons. The molecule has 3 nitrogen and oxygen atoms in total. The molecule has 8 heavy (non-hydrogen) atoms. The third kappa shape index (κ3) is 17.0. The minimum atomic E-state index is -3.16. The summed E-state index contributed by atoms with van der Waals surface area (Å²) in [4.78, 5) is 0. The first-order chi connectivity index (χ1) is 3.56. The zero-order valence-corrected chi connectivity index (χ0v) is 5.83. The Morgan fingerprint density at radius 2 is 1.50 bits per heavy atom. The van der Waals surface area contributed by atoms with Crippen molar-refractivity contribution in [1.29, 1.82) is 0 Å². The van der Waals surface area contributed by atoms with Gasteiger partial charge >= 0.3 is 0 Å². The molecule has 0 heterocycles. The summed E-state index contributed by atoms with van der Waals surface area (Å²) in [7, 11) is -1.54. The molecule has 0 saturated carbocycles. The van der Waals surface area contributed by atoms with E-state index in [1.165, 1.54) is 0 Å². The average Bonchev–Trinajstić information content (AvgIpc) is 1.71. The van der Waals surface area contributed by atoms with Gasteiger partial charge in [-0.25, -0.2) is 0 Å². The Morgan fingerprint density at radius 3 is 1.50 bits per heavy atom. The Balaban J connectivity index is 0. The van der Waals surface area contributed by atoms with Crippen molar-refractivity contribution >= 4 is 10.1 Å². The van der Waals surface area contributed by atoms with E-state index in [4.69, 9.17) is 0 Å². The maximum atomic E-state index is 9.78. The molecule has 0 amide bonds. The summed E-state index contributed by atoms with van der Waals surface area (Å²) in [5.41, 5.74) is 0. The molecule has 0 radical (unpaired) electrons. The molecule has 0 saturated heterocycles. The van der Waals surface area contributed by atoms with E-state index in [-0.39, 0.29) is 0 Å².